The summed E-state index contributed by atoms with van der Waals surface area (Å²) in [5, 5.41) is 0. The molecule has 1 unspecified atom stereocenters. The highest BCUT2D eigenvalue weighted by Crippen LogP contribution is 2.10. The quantitative estimate of drug-likeness (QED) is 0.685. The fraction of sp³-hybridized carbons (Fsp3) is 0.556. The molecule has 3 heteroatoms. The largest absolute Gasteiger partial charge is 0.325 e. The van der Waals surface area contributed by atoms with Crippen molar-refractivity contribution >= 4 is 5.78 Å². The number of hydrogen-bond acceptors (Lipinski definition) is 2. The number of nitrogens with zero attached hydrogens (tertiary/aromatic N) is 2. The van der Waals surface area contributed by atoms with Crippen molar-refractivity contribution in [2.24, 2.45) is 0 Å². The Labute approximate surface area is 72.4 Å². The summed E-state index contributed by atoms with van der Waals surface area (Å²) in [5.74, 6) is 1.14. The highest BCUT2D eigenvalue weighted by Gasteiger charge is 2.13. The lowest BCUT2D eigenvalue weighted by Crippen LogP contribution is -2.15. The topological polar surface area (TPSA) is 34.9 Å². The van der Waals surface area contributed by atoms with Gasteiger partial charge in [-0.2, -0.15) is 0 Å². The molecule has 0 N–H and O–H groups in total. The Balaban J connectivity index is 2.84. The van der Waals surface area contributed by atoms with Crippen molar-refractivity contribution < 1.29 is 4.79 Å². The Morgan fingerprint density at radius 3 is 2.83 bits per heavy atom. The molecule has 1 rings (SSSR count). The van der Waals surface area contributed by atoms with Crippen LogP contribution in [0.4, 0.5) is 0 Å². The molecular weight excluding hydrogens is 152 g/mol. The molecule has 1 aromatic rings. The van der Waals surface area contributed by atoms with Crippen LogP contribution < -0.4 is 0 Å². The van der Waals surface area contributed by atoms with Gasteiger partial charge in [0.15, 0.2) is 5.78 Å². The van der Waals surface area contributed by atoms with Crippen LogP contribution in [0, 0.1) is 6.92 Å². The van der Waals surface area contributed by atoms with Gasteiger partial charge in [0, 0.05) is 18.8 Å². The smallest absolute Gasteiger partial charge is 0.155 e. The fourth-order valence-electron chi connectivity index (χ4n) is 1.25. The molecule has 0 bridgehead atoms. The van der Waals surface area contributed by atoms with Crippen molar-refractivity contribution in [1.82, 2.24) is 9.55 Å². The first-order chi connectivity index (χ1) is 5.66. The predicted molar refractivity (Wildman–Crippen MR) is 47.0 cm³/mol. The van der Waals surface area contributed by atoms with Gasteiger partial charge in [-0.3, -0.25) is 4.79 Å². The van der Waals surface area contributed by atoms with Crippen LogP contribution >= 0.6 is 0 Å². The summed E-state index contributed by atoms with van der Waals surface area (Å²) in [6.07, 6.45) is 4.14. The maximum atomic E-state index is 11.3. The van der Waals surface area contributed by atoms with E-state index in [4.69, 9.17) is 0 Å². The van der Waals surface area contributed by atoms with E-state index in [1.54, 1.807) is 6.20 Å². The van der Waals surface area contributed by atoms with Gasteiger partial charge in [0.05, 0.1) is 6.04 Å². The summed E-state index contributed by atoms with van der Waals surface area (Å²) >= 11 is 0. The molecule has 1 heterocycles. The second-order valence-electron chi connectivity index (χ2n) is 2.88. The zero-order chi connectivity index (χ0) is 9.14. The molecular formula is C9H14N2O. The molecule has 1 atom stereocenters. The third-order valence-corrected chi connectivity index (χ3v) is 2.09. The van der Waals surface area contributed by atoms with E-state index in [1.165, 1.54) is 0 Å². The molecule has 0 saturated carbocycles. The van der Waals surface area contributed by atoms with Gasteiger partial charge in [-0.25, -0.2) is 4.98 Å². The van der Waals surface area contributed by atoms with Gasteiger partial charge in [-0.05, 0) is 13.8 Å². The summed E-state index contributed by atoms with van der Waals surface area (Å²) in [6.45, 7) is 5.69. The second kappa shape index (κ2) is 3.52. The third kappa shape index (κ3) is 1.55. The number of carbonyl (C=O) groups excluding carboxylic acids is 1. The summed E-state index contributed by atoms with van der Waals surface area (Å²) < 4.78 is 1.89. The monoisotopic (exact) mass is 166 g/mol. The molecule has 0 aliphatic carbocycles. The zero-order valence-corrected chi connectivity index (χ0v) is 7.74. The molecule has 1 aromatic heterocycles. The van der Waals surface area contributed by atoms with Crippen molar-refractivity contribution in [3.8, 4) is 0 Å². The van der Waals surface area contributed by atoms with Crippen molar-refractivity contribution in [2.75, 3.05) is 0 Å². The maximum absolute atomic E-state index is 11.3. The minimum Gasteiger partial charge on any atom is -0.325 e. The van der Waals surface area contributed by atoms with E-state index in [2.05, 4.69) is 4.98 Å². The van der Waals surface area contributed by atoms with Gasteiger partial charge in [0.25, 0.3) is 0 Å². The molecule has 0 aromatic carbocycles. The summed E-state index contributed by atoms with van der Waals surface area (Å²) in [5.41, 5.74) is 0. The molecule has 0 spiro atoms. The molecule has 0 amide bonds. The van der Waals surface area contributed by atoms with Gasteiger partial charge in [-0.1, -0.05) is 6.92 Å². The van der Waals surface area contributed by atoms with E-state index < -0.39 is 0 Å². The molecule has 3 nitrogen and oxygen atoms in total. The van der Waals surface area contributed by atoms with Gasteiger partial charge >= 0.3 is 0 Å². The molecule has 12 heavy (non-hydrogen) atoms. The van der Waals surface area contributed by atoms with Crippen molar-refractivity contribution in [2.45, 2.75) is 33.2 Å². The molecule has 0 saturated heterocycles. The standard InChI is InChI=1S/C9H14N2O/c1-4-9(12)7(2)11-6-5-10-8(11)3/h5-7H,4H2,1-3H3. The minimum absolute atomic E-state index is 0.0718. The number of ketones is 1. The van der Waals surface area contributed by atoms with Crippen LogP contribution in [-0.2, 0) is 4.79 Å². The van der Waals surface area contributed by atoms with Crippen LogP contribution in [-0.4, -0.2) is 15.3 Å². The predicted octanol–water partition coefficient (Wildman–Crippen LogP) is 1.73. The number of aromatic nitrogens is 2. The second-order valence-corrected chi connectivity index (χ2v) is 2.88. The van der Waals surface area contributed by atoms with Crippen LogP contribution in [0.25, 0.3) is 0 Å². The van der Waals surface area contributed by atoms with Crippen LogP contribution in [0.3, 0.4) is 0 Å². The first-order valence-corrected chi connectivity index (χ1v) is 4.19. The summed E-state index contributed by atoms with van der Waals surface area (Å²) in [7, 11) is 0. The van der Waals surface area contributed by atoms with Crippen molar-refractivity contribution in [1.29, 1.82) is 0 Å². The lowest BCUT2D eigenvalue weighted by atomic mass is 10.1. The highest BCUT2D eigenvalue weighted by molar-refractivity contribution is 5.81. The number of Topliss-reactive ketones (excluding diaryl/α,β-unsaturated/α-hetero) is 1. The van der Waals surface area contributed by atoms with E-state index in [0.717, 1.165) is 5.82 Å². The lowest BCUT2D eigenvalue weighted by Gasteiger charge is -2.12. The first kappa shape index (κ1) is 8.97. The highest BCUT2D eigenvalue weighted by atomic mass is 16.1. The number of aryl methyl sites for hydroxylation is 1. The van der Waals surface area contributed by atoms with Gasteiger partial charge in [0.1, 0.15) is 5.82 Å². The molecule has 0 aliphatic rings. The van der Waals surface area contributed by atoms with Crippen LogP contribution in [0.2, 0.25) is 0 Å². The third-order valence-electron chi connectivity index (χ3n) is 2.09. The summed E-state index contributed by atoms with van der Waals surface area (Å²) in [6, 6.07) is -0.0718. The van der Waals surface area contributed by atoms with Crippen molar-refractivity contribution in [3.05, 3.63) is 18.2 Å². The molecule has 0 fully saturated rings. The zero-order valence-electron chi connectivity index (χ0n) is 7.74. The average Bonchev–Trinajstić information content (AvgIpc) is 2.48. The Bertz CT molecular complexity index is 278. The van der Waals surface area contributed by atoms with Crippen LogP contribution in [0.1, 0.15) is 32.1 Å². The van der Waals surface area contributed by atoms with E-state index in [9.17, 15) is 4.79 Å². The van der Waals surface area contributed by atoms with E-state index >= 15 is 0 Å². The maximum Gasteiger partial charge on any atom is 0.155 e. The van der Waals surface area contributed by atoms with Gasteiger partial charge in [-0.15, -0.1) is 0 Å². The fourth-order valence-corrected chi connectivity index (χ4v) is 1.25. The number of rotatable bonds is 3. The molecule has 66 valence electrons. The van der Waals surface area contributed by atoms with Gasteiger partial charge < -0.3 is 4.57 Å². The Morgan fingerprint density at radius 2 is 2.42 bits per heavy atom. The number of imidazole rings is 1. The Hall–Kier alpha value is -1.12. The van der Waals surface area contributed by atoms with E-state index in [1.807, 2.05) is 31.5 Å². The van der Waals surface area contributed by atoms with Crippen LogP contribution in [0.5, 0.6) is 0 Å². The summed E-state index contributed by atoms with van der Waals surface area (Å²) in [4.78, 5) is 15.4. The minimum atomic E-state index is -0.0718. The Kier molecular flexibility index (Phi) is 2.63. The lowest BCUT2D eigenvalue weighted by molar-refractivity contribution is -0.121. The van der Waals surface area contributed by atoms with E-state index in [0.29, 0.717) is 6.42 Å². The van der Waals surface area contributed by atoms with Crippen LogP contribution in [0.15, 0.2) is 12.4 Å². The number of carbonyl (C=O) groups is 1. The van der Waals surface area contributed by atoms with E-state index in [-0.39, 0.29) is 11.8 Å². The normalized spacial score (nSPS) is 12.9. The molecule has 0 radical (unpaired) electrons. The number of hydrogen-bond donors (Lipinski definition) is 0. The average molecular weight is 166 g/mol. The SMILES string of the molecule is CCC(=O)C(C)n1ccnc1C. The van der Waals surface area contributed by atoms with Crippen molar-refractivity contribution in [3.63, 3.8) is 0 Å². The van der Waals surface area contributed by atoms with Gasteiger partial charge in [0.2, 0.25) is 0 Å². The molecule has 0 aliphatic heterocycles. The Morgan fingerprint density at radius 1 is 1.75 bits per heavy atom. The first-order valence-electron chi connectivity index (χ1n) is 4.19.